The number of hydrogen-bond acceptors (Lipinski definition) is 7. The van der Waals surface area contributed by atoms with E-state index in [-0.39, 0.29) is 11.9 Å². The van der Waals surface area contributed by atoms with Crippen LogP contribution in [0, 0.1) is 0 Å². The zero-order valence-electron chi connectivity index (χ0n) is 21.8. The van der Waals surface area contributed by atoms with E-state index in [1.807, 2.05) is 55.5 Å². The molecule has 3 aromatic rings. The Kier molecular flexibility index (Phi) is 10.00. The lowest BCUT2D eigenvalue weighted by atomic mass is 10.1. The van der Waals surface area contributed by atoms with E-state index in [1.165, 1.54) is 0 Å². The van der Waals surface area contributed by atoms with Crippen LogP contribution in [0.25, 0.3) is 11.3 Å². The number of urea groups is 1. The second-order valence-corrected chi connectivity index (χ2v) is 9.07. The number of benzene rings is 1. The van der Waals surface area contributed by atoms with Crippen molar-refractivity contribution < 1.29 is 9.59 Å². The van der Waals surface area contributed by atoms with Crippen molar-refractivity contribution in [3.8, 4) is 11.3 Å². The first kappa shape index (κ1) is 27.0. The summed E-state index contributed by atoms with van der Waals surface area (Å²) in [5, 5.41) is 15.2. The first-order valence-corrected chi connectivity index (χ1v) is 13.1. The molecule has 38 heavy (non-hydrogen) atoms. The summed E-state index contributed by atoms with van der Waals surface area (Å²) in [6.07, 6.45) is 4.32. The van der Waals surface area contributed by atoms with Gasteiger partial charge >= 0.3 is 6.03 Å². The summed E-state index contributed by atoms with van der Waals surface area (Å²) < 4.78 is 0. The molecule has 1 aliphatic rings. The van der Waals surface area contributed by atoms with E-state index < -0.39 is 0 Å². The molecule has 3 heterocycles. The van der Waals surface area contributed by atoms with Crippen LogP contribution in [0.5, 0.6) is 0 Å². The summed E-state index contributed by atoms with van der Waals surface area (Å²) in [7, 11) is 0. The highest BCUT2D eigenvalue weighted by molar-refractivity contribution is 5.99. The summed E-state index contributed by atoms with van der Waals surface area (Å²) in [5.41, 5.74) is 3.74. The maximum Gasteiger partial charge on any atom is 0.319 e. The number of nitrogens with one attached hydrogen (secondary N) is 5. The Hall–Kier alpha value is -4.02. The summed E-state index contributed by atoms with van der Waals surface area (Å²) in [6, 6.07) is 14.5. The fourth-order valence-electron chi connectivity index (χ4n) is 4.22. The van der Waals surface area contributed by atoms with Crippen molar-refractivity contribution >= 4 is 23.4 Å². The lowest BCUT2D eigenvalue weighted by molar-refractivity contribution is 0.0951. The molecular weight excluding hydrogens is 480 g/mol. The van der Waals surface area contributed by atoms with Gasteiger partial charge in [0.1, 0.15) is 5.82 Å². The maximum absolute atomic E-state index is 12.9. The largest absolute Gasteiger partial charge is 0.370 e. The number of rotatable bonds is 11. The topological polar surface area (TPSA) is 123 Å². The molecule has 4 rings (SSSR count). The molecule has 0 radical (unpaired) electrons. The van der Waals surface area contributed by atoms with Crippen LogP contribution < -0.4 is 26.6 Å². The van der Waals surface area contributed by atoms with Crippen molar-refractivity contribution in [1.29, 1.82) is 0 Å². The summed E-state index contributed by atoms with van der Waals surface area (Å²) in [4.78, 5) is 36.3. The zero-order chi connectivity index (χ0) is 26.6. The van der Waals surface area contributed by atoms with Crippen LogP contribution >= 0.6 is 0 Å². The van der Waals surface area contributed by atoms with Crippen molar-refractivity contribution in [2.24, 2.45) is 0 Å². The Balaban J connectivity index is 1.31. The Labute approximate surface area is 223 Å². The van der Waals surface area contributed by atoms with E-state index in [0.29, 0.717) is 36.7 Å². The molecule has 0 saturated carbocycles. The van der Waals surface area contributed by atoms with Gasteiger partial charge in [0.25, 0.3) is 5.91 Å². The minimum Gasteiger partial charge on any atom is -0.370 e. The number of aromatic nitrogens is 2. The molecule has 5 N–H and O–H groups in total. The third-order valence-electron chi connectivity index (χ3n) is 6.24. The monoisotopic (exact) mass is 516 g/mol. The van der Waals surface area contributed by atoms with Crippen molar-refractivity contribution in [3.63, 3.8) is 0 Å². The number of pyridine rings is 2. The molecule has 0 spiro atoms. The van der Waals surface area contributed by atoms with Gasteiger partial charge in [0.05, 0.1) is 11.3 Å². The Morgan fingerprint density at radius 2 is 1.84 bits per heavy atom. The lowest BCUT2D eigenvalue weighted by Crippen LogP contribution is -2.44. The van der Waals surface area contributed by atoms with Gasteiger partial charge in [-0.1, -0.05) is 18.2 Å². The van der Waals surface area contributed by atoms with Gasteiger partial charge in [-0.2, -0.15) is 0 Å². The highest BCUT2D eigenvalue weighted by Crippen LogP contribution is 2.23. The molecule has 3 amide bonds. The average molecular weight is 517 g/mol. The SMILES string of the molecule is CCNc1nc(-c2ccc(NC(=O)NCc3cccnc3)cc2)ccc1C(=O)NCCCN1CCNCC1. The van der Waals surface area contributed by atoms with Gasteiger partial charge in [-0.15, -0.1) is 0 Å². The van der Waals surface area contributed by atoms with Gasteiger partial charge in [0, 0.05) is 69.5 Å². The second-order valence-electron chi connectivity index (χ2n) is 9.07. The Morgan fingerprint density at radius 3 is 2.58 bits per heavy atom. The number of carbonyl (C=O) groups is 2. The second kappa shape index (κ2) is 14.1. The van der Waals surface area contributed by atoms with Gasteiger partial charge < -0.3 is 31.5 Å². The minimum absolute atomic E-state index is 0.128. The Morgan fingerprint density at radius 1 is 1.03 bits per heavy atom. The van der Waals surface area contributed by atoms with Gasteiger partial charge in [-0.3, -0.25) is 9.78 Å². The number of hydrogen-bond donors (Lipinski definition) is 5. The molecule has 1 fully saturated rings. The van der Waals surface area contributed by atoms with E-state index in [1.54, 1.807) is 12.4 Å². The van der Waals surface area contributed by atoms with Gasteiger partial charge in [-0.25, -0.2) is 9.78 Å². The smallest absolute Gasteiger partial charge is 0.319 e. The quantitative estimate of drug-likeness (QED) is 0.248. The molecule has 1 saturated heterocycles. The fourth-order valence-corrected chi connectivity index (χ4v) is 4.22. The van der Waals surface area contributed by atoms with E-state index >= 15 is 0 Å². The van der Waals surface area contributed by atoms with Crippen molar-refractivity contribution in [2.45, 2.75) is 19.9 Å². The molecule has 1 aliphatic heterocycles. The molecule has 0 unspecified atom stereocenters. The van der Waals surface area contributed by atoms with Crippen LogP contribution in [0.15, 0.2) is 60.9 Å². The molecule has 2 aromatic heterocycles. The first-order chi connectivity index (χ1) is 18.6. The van der Waals surface area contributed by atoms with Crippen LogP contribution in [-0.2, 0) is 6.54 Å². The summed E-state index contributed by atoms with van der Waals surface area (Å²) in [6.45, 7) is 8.79. The van der Waals surface area contributed by atoms with Crippen molar-refractivity contribution in [1.82, 2.24) is 30.8 Å². The van der Waals surface area contributed by atoms with Crippen LogP contribution in [0.4, 0.5) is 16.3 Å². The molecule has 10 heteroatoms. The van der Waals surface area contributed by atoms with E-state index in [4.69, 9.17) is 4.98 Å². The number of carbonyl (C=O) groups excluding carboxylic acids is 2. The molecule has 200 valence electrons. The van der Waals surface area contributed by atoms with Gasteiger partial charge in [-0.05, 0) is 55.8 Å². The lowest BCUT2D eigenvalue weighted by Gasteiger charge is -2.27. The van der Waals surface area contributed by atoms with Crippen LogP contribution in [0.2, 0.25) is 0 Å². The zero-order valence-corrected chi connectivity index (χ0v) is 21.8. The summed E-state index contributed by atoms with van der Waals surface area (Å²) >= 11 is 0. The van der Waals surface area contributed by atoms with Gasteiger partial charge in [0.15, 0.2) is 0 Å². The third-order valence-corrected chi connectivity index (χ3v) is 6.24. The highest BCUT2D eigenvalue weighted by atomic mass is 16.2. The molecule has 10 nitrogen and oxygen atoms in total. The van der Waals surface area contributed by atoms with Crippen molar-refractivity contribution in [2.75, 3.05) is 56.4 Å². The van der Waals surface area contributed by atoms with E-state index in [2.05, 4.69) is 36.5 Å². The number of amides is 3. The number of piperazine rings is 1. The molecule has 0 aliphatic carbocycles. The van der Waals surface area contributed by atoms with Crippen molar-refractivity contribution in [3.05, 3.63) is 72.1 Å². The molecule has 0 atom stereocenters. The highest BCUT2D eigenvalue weighted by Gasteiger charge is 2.15. The molecule has 1 aromatic carbocycles. The Bertz CT molecular complexity index is 1180. The van der Waals surface area contributed by atoms with Crippen LogP contribution in [-0.4, -0.2) is 72.6 Å². The van der Waals surface area contributed by atoms with E-state index in [9.17, 15) is 9.59 Å². The van der Waals surface area contributed by atoms with Gasteiger partial charge in [0.2, 0.25) is 0 Å². The molecule has 0 bridgehead atoms. The number of anilines is 2. The summed E-state index contributed by atoms with van der Waals surface area (Å²) in [5.74, 6) is 0.429. The predicted molar refractivity (Wildman–Crippen MR) is 150 cm³/mol. The molecular formula is C28H36N8O2. The number of nitrogens with zero attached hydrogens (tertiary/aromatic N) is 3. The standard InChI is InChI=1S/C28H36N8O2/c1-2-31-26-24(27(37)32-13-4-16-36-17-14-29-15-18-36)10-11-25(35-26)22-6-8-23(9-7-22)34-28(38)33-20-21-5-3-12-30-19-21/h3,5-12,19,29H,2,4,13-18,20H2,1H3,(H,31,35)(H,32,37)(H2,33,34,38). The minimum atomic E-state index is -0.294. The van der Waals surface area contributed by atoms with E-state index in [0.717, 1.165) is 56.0 Å². The third kappa shape index (κ3) is 7.99. The normalized spacial score (nSPS) is 13.5. The average Bonchev–Trinajstić information content (AvgIpc) is 2.96. The first-order valence-electron chi connectivity index (χ1n) is 13.1. The van der Waals surface area contributed by atoms with Crippen LogP contribution in [0.1, 0.15) is 29.3 Å². The fraction of sp³-hybridized carbons (Fsp3) is 0.357. The van der Waals surface area contributed by atoms with Crippen LogP contribution in [0.3, 0.4) is 0 Å². The predicted octanol–water partition coefficient (Wildman–Crippen LogP) is 2.92. The maximum atomic E-state index is 12.9.